The molecule has 1 aliphatic heterocycles. The van der Waals surface area contributed by atoms with Gasteiger partial charge >= 0.3 is 0 Å². The first-order chi connectivity index (χ1) is 10.5. The average molecular weight is 291 g/mol. The number of aryl methyl sites for hydroxylation is 1. The normalized spacial score (nSPS) is 27.6. The van der Waals surface area contributed by atoms with Gasteiger partial charge in [0.1, 0.15) is 5.41 Å². The second kappa shape index (κ2) is 4.89. The molecule has 1 aromatic heterocycles. The van der Waals surface area contributed by atoms with Gasteiger partial charge in [0, 0.05) is 17.1 Å². The fraction of sp³-hybridized carbons (Fsp3) is 0.353. The number of allylic oxidation sites excluding steroid dienone is 2. The lowest BCUT2D eigenvalue weighted by atomic mass is 9.67. The number of rotatable bonds is 1. The Balaban J connectivity index is 2.27. The van der Waals surface area contributed by atoms with Crippen LogP contribution in [0.2, 0.25) is 0 Å². The molecule has 2 heterocycles. The fourth-order valence-electron chi connectivity index (χ4n) is 3.36. The van der Waals surface area contributed by atoms with Crippen LogP contribution < -0.4 is 5.32 Å². The van der Waals surface area contributed by atoms with Crippen LogP contribution in [-0.2, 0) is 5.41 Å². The van der Waals surface area contributed by atoms with E-state index in [0.29, 0.717) is 0 Å². The van der Waals surface area contributed by atoms with E-state index < -0.39 is 11.3 Å². The predicted octanol–water partition coefficient (Wildman–Crippen LogP) is 2.67. The molecular formula is C17H17N5. The Labute approximate surface area is 129 Å². The Kier molecular flexibility index (Phi) is 3.15. The molecule has 5 heteroatoms. The van der Waals surface area contributed by atoms with E-state index in [1.807, 2.05) is 45.0 Å². The number of aromatic amines is 1. The largest absolute Gasteiger partial charge is 0.385 e. The van der Waals surface area contributed by atoms with Gasteiger partial charge in [0.05, 0.1) is 29.3 Å². The van der Waals surface area contributed by atoms with Crippen molar-refractivity contribution in [2.75, 3.05) is 0 Å². The van der Waals surface area contributed by atoms with Crippen molar-refractivity contribution < 1.29 is 0 Å². The molecule has 110 valence electrons. The number of nitrogens with zero attached hydrogens (tertiary/aromatic N) is 3. The Bertz CT molecular complexity index is 848. The minimum atomic E-state index is -0.943. The van der Waals surface area contributed by atoms with Crippen molar-refractivity contribution in [2.24, 2.45) is 5.92 Å². The summed E-state index contributed by atoms with van der Waals surface area (Å²) in [4.78, 5) is 0. The first-order valence-electron chi connectivity index (χ1n) is 7.24. The Morgan fingerprint density at radius 2 is 2.05 bits per heavy atom. The molecule has 0 radical (unpaired) electrons. The number of aromatic nitrogens is 2. The van der Waals surface area contributed by atoms with Gasteiger partial charge in [-0.1, -0.05) is 6.07 Å². The first-order valence-corrected chi connectivity index (χ1v) is 7.24. The van der Waals surface area contributed by atoms with Gasteiger partial charge in [-0.15, -0.1) is 0 Å². The van der Waals surface area contributed by atoms with E-state index >= 15 is 0 Å². The predicted molar refractivity (Wildman–Crippen MR) is 83.6 cm³/mol. The number of H-pyrrole nitrogens is 1. The van der Waals surface area contributed by atoms with Crippen LogP contribution in [0, 0.1) is 35.5 Å². The summed E-state index contributed by atoms with van der Waals surface area (Å²) < 4.78 is 0. The highest BCUT2D eigenvalue weighted by atomic mass is 15.1. The zero-order chi connectivity index (χ0) is 15.9. The average Bonchev–Trinajstić information content (AvgIpc) is 2.87. The van der Waals surface area contributed by atoms with Crippen molar-refractivity contribution in [2.45, 2.75) is 32.2 Å². The number of fused-ring (bicyclic) bond motifs is 1. The minimum Gasteiger partial charge on any atom is -0.385 e. The molecule has 2 aromatic rings. The van der Waals surface area contributed by atoms with Gasteiger partial charge in [-0.25, -0.2) is 0 Å². The number of benzene rings is 1. The van der Waals surface area contributed by atoms with E-state index in [9.17, 15) is 10.5 Å². The maximum Gasteiger partial charge on any atom is 0.120 e. The van der Waals surface area contributed by atoms with E-state index in [1.165, 1.54) is 0 Å². The van der Waals surface area contributed by atoms with Crippen molar-refractivity contribution in [3.8, 4) is 12.1 Å². The summed E-state index contributed by atoms with van der Waals surface area (Å²) in [7, 11) is 0. The van der Waals surface area contributed by atoms with E-state index in [1.54, 1.807) is 0 Å². The van der Waals surface area contributed by atoms with E-state index in [4.69, 9.17) is 0 Å². The molecule has 0 saturated heterocycles. The van der Waals surface area contributed by atoms with E-state index in [-0.39, 0.29) is 6.04 Å². The number of hydrogen-bond acceptors (Lipinski definition) is 4. The monoisotopic (exact) mass is 291 g/mol. The fourth-order valence-corrected chi connectivity index (χ4v) is 3.36. The Morgan fingerprint density at radius 1 is 1.27 bits per heavy atom. The third-order valence-corrected chi connectivity index (χ3v) is 4.45. The highest BCUT2D eigenvalue weighted by molar-refractivity contribution is 5.82. The van der Waals surface area contributed by atoms with E-state index in [2.05, 4.69) is 27.7 Å². The summed E-state index contributed by atoms with van der Waals surface area (Å²) in [6.07, 6.45) is 1.87. The van der Waals surface area contributed by atoms with Gasteiger partial charge in [0.25, 0.3) is 0 Å². The molecule has 0 saturated carbocycles. The molecule has 1 aliphatic rings. The van der Waals surface area contributed by atoms with Crippen molar-refractivity contribution >= 4 is 10.9 Å². The lowest BCUT2D eigenvalue weighted by molar-refractivity contribution is 0.363. The van der Waals surface area contributed by atoms with Crippen molar-refractivity contribution in [3.63, 3.8) is 0 Å². The smallest absolute Gasteiger partial charge is 0.120 e. The zero-order valence-electron chi connectivity index (χ0n) is 12.8. The van der Waals surface area contributed by atoms with Gasteiger partial charge in [-0.3, -0.25) is 5.10 Å². The number of nitrogens with one attached hydrogen (secondary N) is 2. The topological polar surface area (TPSA) is 88.3 Å². The van der Waals surface area contributed by atoms with Crippen LogP contribution in [0.5, 0.6) is 0 Å². The zero-order valence-corrected chi connectivity index (χ0v) is 12.8. The van der Waals surface area contributed by atoms with E-state index in [0.717, 1.165) is 27.9 Å². The molecular weight excluding hydrogens is 274 g/mol. The summed E-state index contributed by atoms with van der Waals surface area (Å²) >= 11 is 0. The third kappa shape index (κ3) is 1.87. The number of hydrogen-bond donors (Lipinski definition) is 2. The summed E-state index contributed by atoms with van der Waals surface area (Å²) in [5.74, 6) is -0.453. The molecule has 22 heavy (non-hydrogen) atoms. The molecule has 3 rings (SSSR count). The molecule has 3 unspecified atom stereocenters. The van der Waals surface area contributed by atoms with Gasteiger partial charge in [0.15, 0.2) is 0 Å². The van der Waals surface area contributed by atoms with Crippen LogP contribution in [0.15, 0.2) is 30.0 Å². The molecule has 0 bridgehead atoms. The summed E-state index contributed by atoms with van der Waals surface area (Å²) in [6, 6.07) is 10.4. The Hall–Kier alpha value is -2.79. The quantitative estimate of drug-likeness (QED) is 0.845. The highest BCUT2D eigenvalue weighted by Crippen LogP contribution is 2.40. The third-order valence-electron chi connectivity index (χ3n) is 4.45. The van der Waals surface area contributed by atoms with Gasteiger partial charge in [0.2, 0.25) is 0 Å². The van der Waals surface area contributed by atoms with Crippen LogP contribution in [-0.4, -0.2) is 16.2 Å². The van der Waals surface area contributed by atoms with Gasteiger partial charge in [-0.2, -0.15) is 15.6 Å². The lowest BCUT2D eigenvalue weighted by Crippen LogP contribution is -2.48. The Morgan fingerprint density at radius 3 is 2.73 bits per heavy atom. The van der Waals surface area contributed by atoms with Crippen molar-refractivity contribution in [1.82, 2.24) is 15.5 Å². The van der Waals surface area contributed by atoms with Crippen LogP contribution in [0.25, 0.3) is 10.9 Å². The maximum absolute atomic E-state index is 9.93. The molecule has 0 aliphatic carbocycles. The van der Waals surface area contributed by atoms with Crippen LogP contribution in [0.4, 0.5) is 0 Å². The van der Waals surface area contributed by atoms with Crippen LogP contribution in [0.3, 0.4) is 0 Å². The summed E-state index contributed by atoms with van der Waals surface area (Å²) in [6.45, 7) is 5.80. The van der Waals surface area contributed by atoms with Crippen LogP contribution >= 0.6 is 0 Å². The standard InChI is InChI=1S/C17H17N5/c1-10-7-17(9-19,15(8-18)12(3)20-10)13-4-5-16-14(6-13)11(2)21-22-16/h4-7,12,15,20H,1-3H3,(H,21,22). The lowest BCUT2D eigenvalue weighted by Gasteiger charge is -2.38. The molecule has 0 fully saturated rings. The maximum atomic E-state index is 9.93. The minimum absolute atomic E-state index is 0.0872. The molecule has 3 atom stereocenters. The van der Waals surface area contributed by atoms with Crippen LogP contribution in [0.1, 0.15) is 25.1 Å². The second-order valence-electron chi connectivity index (χ2n) is 5.92. The molecule has 1 aromatic carbocycles. The first kappa shape index (κ1) is 14.2. The highest BCUT2D eigenvalue weighted by Gasteiger charge is 2.45. The molecule has 5 nitrogen and oxygen atoms in total. The second-order valence-corrected chi connectivity index (χ2v) is 5.92. The van der Waals surface area contributed by atoms with Crippen molar-refractivity contribution in [1.29, 1.82) is 10.5 Å². The summed E-state index contributed by atoms with van der Waals surface area (Å²) in [5.41, 5.74) is 2.64. The summed E-state index contributed by atoms with van der Waals surface area (Å²) in [5, 5.41) is 30.9. The van der Waals surface area contributed by atoms with Gasteiger partial charge < -0.3 is 5.32 Å². The molecule has 2 N–H and O–H groups in total. The molecule has 0 spiro atoms. The molecule has 0 amide bonds. The van der Waals surface area contributed by atoms with Gasteiger partial charge in [-0.05, 0) is 44.5 Å². The van der Waals surface area contributed by atoms with Crippen molar-refractivity contribution in [3.05, 3.63) is 41.2 Å². The SMILES string of the molecule is CC1=CC(C#N)(c2ccc3[nH]nc(C)c3c2)C(C#N)C(C)N1. The number of nitriles is 2.